The van der Waals surface area contributed by atoms with Crippen molar-refractivity contribution in [2.24, 2.45) is 0 Å². The first-order valence-corrected chi connectivity index (χ1v) is 18.9. The van der Waals surface area contributed by atoms with Crippen molar-refractivity contribution in [3.05, 3.63) is 0 Å². The van der Waals surface area contributed by atoms with Gasteiger partial charge in [-0.3, -0.25) is 0 Å². The third-order valence-electron chi connectivity index (χ3n) is 8.60. The molecule has 0 aromatic heterocycles. The van der Waals surface area contributed by atoms with Crippen molar-refractivity contribution >= 4 is 0 Å². The molecule has 0 aromatic rings. The van der Waals surface area contributed by atoms with Gasteiger partial charge in [0.2, 0.25) is 0 Å². The molecule has 2 aliphatic rings. The zero-order chi connectivity index (χ0) is 34.3. The Morgan fingerprint density at radius 3 is 1.38 bits per heavy atom. The van der Waals surface area contributed by atoms with Gasteiger partial charge in [-0.25, -0.2) is 0 Å². The summed E-state index contributed by atoms with van der Waals surface area (Å²) in [4.78, 5) is 0. The first-order chi connectivity index (χ1) is 23.0. The molecule has 0 saturated carbocycles. The molecule has 2 fully saturated rings. The van der Waals surface area contributed by atoms with Crippen LogP contribution in [0.5, 0.6) is 0 Å². The van der Waals surface area contributed by atoms with Crippen LogP contribution in [-0.2, 0) is 42.6 Å². The maximum absolute atomic E-state index is 11.6. The minimum Gasteiger partial charge on any atom is -0.387 e. The maximum Gasteiger partial charge on any atom is 0.187 e. The summed E-state index contributed by atoms with van der Waals surface area (Å²) in [6.45, 7) is 16.0. The Hall–Kier alpha value is -0.440. The average molecular weight is 679 g/mol. The fourth-order valence-corrected chi connectivity index (χ4v) is 5.57. The van der Waals surface area contributed by atoms with Crippen LogP contribution >= 0.6 is 0 Å². The fraction of sp³-hybridized carbons (Fsp3) is 1.00. The first-order valence-electron chi connectivity index (χ1n) is 18.9. The van der Waals surface area contributed by atoms with E-state index >= 15 is 0 Å². The van der Waals surface area contributed by atoms with Crippen LogP contribution < -0.4 is 0 Å². The van der Waals surface area contributed by atoms with E-state index in [0.29, 0.717) is 39.6 Å². The highest BCUT2D eigenvalue weighted by Crippen LogP contribution is 2.34. The molecule has 2 N–H and O–H groups in total. The molecule has 2 heterocycles. The summed E-state index contributed by atoms with van der Waals surface area (Å²) in [5.41, 5.74) is 0. The van der Waals surface area contributed by atoms with Crippen LogP contribution in [0.1, 0.15) is 119 Å². The highest BCUT2D eigenvalue weighted by Gasteiger charge is 2.53. The van der Waals surface area contributed by atoms with E-state index in [0.717, 1.165) is 77.0 Å². The summed E-state index contributed by atoms with van der Waals surface area (Å²) in [5.74, 6) is 0. The lowest BCUT2D eigenvalue weighted by Crippen LogP contribution is -2.66. The predicted octanol–water partition coefficient (Wildman–Crippen LogP) is 5.55. The Labute approximate surface area is 285 Å². The number of aliphatic hydroxyl groups is 2. The monoisotopic (exact) mass is 678 g/mol. The van der Waals surface area contributed by atoms with E-state index in [1.54, 1.807) is 0 Å². The van der Waals surface area contributed by atoms with E-state index in [-0.39, 0.29) is 13.2 Å². The average Bonchev–Trinajstić information content (AvgIpc) is 3.06. The normalized spacial score (nSPS) is 31.4. The van der Waals surface area contributed by atoms with Crippen LogP contribution in [0.4, 0.5) is 0 Å². The van der Waals surface area contributed by atoms with Crippen molar-refractivity contribution in [3.8, 4) is 0 Å². The van der Waals surface area contributed by atoms with Gasteiger partial charge in [-0.1, -0.05) is 80.1 Å². The SMILES string of the molecule is CCCCOCC1O[C@@H](O[C@H]2C(OCCCC)C(OCCCC)[C@H](O)O[C@H]2COCCCC)[C@@H](OCCCC)C(OCCCC)[C@H]1O. The lowest BCUT2D eigenvalue weighted by molar-refractivity contribution is -0.368. The second kappa shape index (κ2) is 26.4. The Bertz CT molecular complexity index is 731. The van der Waals surface area contributed by atoms with Gasteiger partial charge >= 0.3 is 0 Å². The van der Waals surface area contributed by atoms with Crippen LogP contribution in [0.3, 0.4) is 0 Å². The molecule has 0 amide bonds. The Balaban J connectivity index is 2.47. The van der Waals surface area contributed by atoms with E-state index in [1.807, 2.05) is 0 Å². The molecule has 4 unspecified atom stereocenters. The van der Waals surface area contributed by atoms with Crippen LogP contribution in [-0.4, -0.2) is 124 Å². The number of hydrogen-bond donors (Lipinski definition) is 2. The Kier molecular flexibility index (Phi) is 24.0. The summed E-state index contributed by atoms with van der Waals surface area (Å²) >= 11 is 0. The summed E-state index contributed by atoms with van der Waals surface area (Å²) in [6.07, 6.45) is 2.99. The molecule has 2 aliphatic heterocycles. The van der Waals surface area contributed by atoms with E-state index < -0.39 is 61.4 Å². The Morgan fingerprint density at radius 1 is 0.447 bits per heavy atom. The van der Waals surface area contributed by atoms with Gasteiger partial charge in [0, 0.05) is 39.6 Å². The summed E-state index contributed by atoms with van der Waals surface area (Å²) in [7, 11) is 0. The van der Waals surface area contributed by atoms with Gasteiger partial charge in [-0.05, 0) is 38.5 Å². The van der Waals surface area contributed by atoms with E-state index in [4.69, 9.17) is 42.6 Å². The van der Waals surface area contributed by atoms with Gasteiger partial charge < -0.3 is 52.8 Å². The molecule has 11 nitrogen and oxygen atoms in total. The quantitative estimate of drug-likeness (QED) is 0.101. The number of hydrogen-bond acceptors (Lipinski definition) is 11. The highest BCUT2D eigenvalue weighted by molar-refractivity contribution is 4.96. The van der Waals surface area contributed by atoms with E-state index in [2.05, 4.69) is 41.5 Å². The number of rotatable bonds is 28. The molecule has 280 valence electrons. The Morgan fingerprint density at radius 2 is 0.872 bits per heavy atom. The van der Waals surface area contributed by atoms with Crippen LogP contribution in [0, 0.1) is 0 Å². The minimum atomic E-state index is -1.21. The third kappa shape index (κ3) is 15.1. The van der Waals surface area contributed by atoms with Gasteiger partial charge in [0.25, 0.3) is 0 Å². The number of ether oxygens (including phenoxy) is 9. The van der Waals surface area contributed by atoms with Crippen molar-refractivity contribution < 1.29 is 52.8 Å². The lowest BCUT2D eigenvalue weighted by atomic mass is 9.96. The first kappa shape index (κ1) is 42.7. The smallest absolute Gasteiger partial charge is 0.187 e. The van der Waals surface area contributed by atoms with Crippen LogP contribution in [0.15, 0.2) is 0 Å². The molecule has 2 rings (SSSR count). The van der Waals surface area contributed by atoms with Crippen LogP contribution in [0.2, 0.25) is 0 Å². The second-order valence-corrected chi connectivity index (χ2v) is 12.8. The maximum atomic E-state index is 11.6. The van der Waals surface area contributed by atoms with Gasteiger partial charge in [0.1, 0.15) is 48.8 Å². The van der Waals surface area contributed by atoms with E-state index in [9.17, 15) is 10.2 Å². The topological polar surface area (TPSA) is 124 Å². The molecule has 0 radical (unpaired) electrons. The number of unbranched alkanes of at least 4 members (excludes halogenated alkanes) is 6. The van der Waals surface area contributed by atoms with Crippen molar-refractivity contribution in [1.82, 2.24) is 0 Å². The standard InChI is InChI=1S/C36H70O11/c1-7-13-19-39-25-27-29(37)31(41-21-15-9-3)34(44-24-18-12-6)36(46-27)47-30-28(26-40-20-14-8-2)45-35(38)33(43-23-17-11-5)32(30)42-22-16-10-4/h27-38H,7-26H2,1-6H3/t27?,28-,29-,30+,31?,32?,33?,34-,35+,36-/m0/s1. The van der Waals surface area contributed by atoms with Gasteiger partial charge in [-0.15, -0.1) is 0 Å². The highest BCUT2D eigenvalue weighted by atomic mass is 16.7. The molecular weight excluding hydrogens is 608 g/mol. The van der Waals surface area contributed by atoms with Crippen molar-refractivity contribution in [2.45, 2.75) is 180 Å². The van der Waals surface area contributed by atoms with Gasteiger partial charge in [-0.2, -0.15) is 0 Å². The van der Waals surface area contributed by atoms with E-state index in [1.165, 1.54) is 0 Å². The van der Waals surface area contributed by atoms with Crippen LogP contribution in [0.25, 0.3) is 0 Å². The van der Waals surface area contributed by atoms with Gasteiger partial charge in [0.05, 0.1) is 13.2 Å². The molecule has 47 heavy (non-hydrogen) atoms. The summed E-state index contributed by atoms with van der Waals surface area (Å²) < 4.78 is 57.0. The molecule has 0 bridgehead atoms. The van der Waals surface area contributed by atoms with Gasteiger partial charge in [0.15, 0.2) is 12.6 Å². The van der Waals surface area contributed by atoms with Crippen molar-refractivity contribution in [1.29, 1.82) is 0 Å². The molecule has 0 spiro atoms. The zero-order valence-corrected chi connectivity index (χ0v) is 30.5. The number of aliphatic hydroxyl groups excluding tert-OH is 2. The largest absolute Gasteiger partial charge is 0.387 e. The third-order valence-corrected chi connectivity index (χ3v) is 8.60. The van der Waals surface area contributed by atoms with Crippen molar-refractivity contribution in [2.75, 3.05) is 52.9 Å². The molecular formula is C36H70O11. The second-order valence-electron chi connectivity index (χ2n) is 12.8. The predicted molar refractivity (Wildman–Crippen MR) is 180 cm³/mol. The lowest BCUT2D eigenvalue weighted by Gasteiger charge is -2.49. The summed E-state index contributed by atoms with van der Waals surface area (Å²) in [5, 5.41) is 22.8. The summed E-state index contributed by atoms with van der Waals surface area (Å²) in [6, 6.07) is 0. The molecule has 10 atom stereocenters. The minimum absolute atomic E-state index is 0.193. The molecule has 2 saturated heterocycles. The molecule has 0 aromatic carbocycles. The molecule has 0 aliphatic carbocycles. The van der Waals surface area contributed by atoms with Crippen molar-refractivity contribution in [3.63, 3.8) is 0 Å². The fourth-order valence-electron chi connectivity index (χ4n) is 5.57. The molecule has 11 heteroatoms. The zero-order valence-electron chi connectivity index (χ0n) is 30.5.